The summed E-state index contributed by atoms with van der Waals surface area (Å²) in [6.07, 6.45) is 2.82. The smallest absolute Gasteiger partial charge is 0.337 e. The minimum absolute atomic E-state index is 0.0196. The van der Waals surface area contributed by atoms with E-state index in [4.69, 9.17) is 5.11 Å². The summed E-state index contributed by atoms with van der Waals surface area (Å²) in [6.45, 7) is 1.92. The normalized spacial score (nSPS) is 11.8. The molecule has 116 valence electrons. The maximum Gasteiger partial charge on any atom is 0.337 e. The Morgan fingerprint density at radius 1 is 1.48 bits per heavy atom. The minimum Gasteiger partial charge on any atom is -0.478 e. The summed E-state index contributed by atoms with van der Waals surface area (Å²) in [4.78, 5) is 24.7. The SMILES string of the molecule is CSCCC(C)N(C)C(=O)Nc1ccc(F)cc1C(=O)O. The van der Waals surface area contributed by atoms with Crippen LogP contribution in [0.4, 0.5) is 14.9 Å². The van der Waals surface area contributed by atoms with Gasteiger partial charge in [0.25, 0.3) is 0 Å². The molecule has 7 heteroatoms. The molecule has 0 fully saturated rings. The molecule has 2 N–H and O–H groups in total. The highest BCUT2D eigenvalue weighted by Crippen LogP contribution is 2.18. The molecule has 1 atom stereocenters. The minimum atomic E-state index is -1.29. The molecular formula is C14H19FN2O3S. The van der Waals surface area contributed by atoms with Gasteiger partial charge in [0.05, 0.1) is 11.3 Å². The van der Waals surface area contributed by atoms with Crippen LogP contribution in [0.25, 0.3) is 0 Å². The van der Waals surface area contributed by atoms with Crippen LogP contribution in [-0.2, 0) is 0 Å². The number of nitrogens with one attached hydrogen (secondary N) is 1. The molecule has 0 heterocycles. The van der Waals surface area contributed by atoms with E-state index in [1.54, 1.807) is 18.8 Å². The van der Waals surface area contributed by atoms with Crippen LogP contribution in [0.15, 0.2) is 18.2 Å². The van der Waals surface area contributed by atoms with Gasteiger partial charge in [-0.05, 0) is 43.6 Å². The lowest BCUT2D eigenvalue weighted by molar-refractivity contribution is 0.0697. The fourth-order valence-corrected chi connectivity index (χ4v) is 2.26. The van der Waals surface area contributed by atoms with Crippen LogP contribution < -0.4 is 5.32 Å². The Bertz CT molecular complexity index is 525. The number of halogens is 1. The van der Waals surface area contributed by atoms with Crippen LogP contribution in [0.3, 0.4) is 0 Å². The fourth-order valence-electron chi connectivity index (χ4n) is 1.69. The number of anilines is 1. The van der Waals surface area contributed by atoms with Gasteiger partial charge in [0.1, 0.15) is 5.82 Å². The monoisotopic (exact) mass is 314 g/mol. The van der Waals surface area contributed by atoms with Crippen molar-refractivity contribution in [1.29, 1.82) is 0 Å². The third-order valence-electron chi connectivity index (χ3n) is 3.17. The first-order valence-corrected chi connectivity index (χ1v) is 7.81. The number of thioether (sulfide) groups is 1. The summed E-state index contributed by atoms with van der Waals surface area (Å²) in [5.74, 6) is -1.02. The van der Waals surface area contributed by atoms with E-state index in [1.165, 1.54) is 11.0 Å². The quantitative estimate of drug-likeness (QED) is 0.846. The van der Waals surface area contributed by atoms with Crippen LogP contribution in [-0.4, -0.2) is 47.1 Å². The Kier molecular flexibility index (Phi) is 6.48. The van der Waals surface area contributed by atoms with Gasteiger partial charge in [-0.15, -0.1) is 0 Å². The second-order valence-corrected chi connectivity index (χ2v) is 5.65. The average molecular weight is 314 g/mol. The van der Waals surface area contributed by atoms with Crippen molar-refractivity contribution < 1.29 is 19.1 Å². The predicted octanol–water partition coefficient (Wildman–Crippen LogP) is 3.13. The number of benzene rings is 1. The summed E-state index contributed by atoms with van der Waals surface area (Å²) in [7, 11) is 1.64. The van der Waals surface area contributed by atoms with Gasteiger partial charge in [-0.3, -0.25) is 0 Å². The van der Waals surface area contributed by atoms with Crippen LogP contribution in [0.5, 0.6) is 0 Å². The maximum absolute atomic E-state index is 13.1. The zero-order valence-corrected chi connectivity index (χ0v) is 13.0. The van der Waals surface area contributed by atoms with E-state index < -0.39 is 17.8 Å². The number of rotatable bonds is 6. The van der Waals surface area contributed by atoms with Gasteiger partial charge in [0, 0.05) is 13.1 Å². The van der Waals surface area contributed by atoms with Gasteiger partial charge in [0.15, 0.2) is 0 Å². The topological polar surface area (TPSA) is 69.6 Å². The van der Waals surface area contributed by atoms with Crippen molar-refractivity contribution in [2.45, 2.75) is 19.4 Å². The highest BCUT2D eigenvalue weighted by Gasteiger charge is 2.18. The number of aromatic carboxylic acids is 1. The Labute approximate surface area is 127 Å². The van der Waals surface area contributed by atoms with Crippen LogP contribution in [0.1, 0.15) is 23.7 Å². The van der Waals surface area contributed by atoms with Crippen LogP contribution in [0.2, 0.25) is 0 Å². The molecular weight excluding hydrogens is 295 g/mol. The number of hydrogen-bond donors (Lipinski definition) is 2. The molecule has 0 saturated carbocycles. The second kappa shape index (κ2) is 7.87. The summed E-state index contributed by atoms with van der Waals surface area (Å²) >= 11 is 1.69. The Morgan fingerprint density at radius 2 is 2.14 bits per heavy atom. The number of carbonyl (C=O) groups is 2. The van der Waals surface area contributed by atoms with Gasteiger partial charge in [-0.25, -0.2) is 14.0 Å². The van der Waals surface area contributed by atoms with E-state index in [-0.39, 0.29) is 17.3 Å². The lowest BCUT2D eigenvalue weighted by Gasteiger charge is -2.25. The highest BCUT2D eigenvalue weighted by molar-refractivity contribution is 7.98. The molecule has 1 aromatic rings. The Hall–Kier alpha value is -1.76. The van der Waals surface area contributed by atoms with E-state index in [0.717, 1.165) is 24.3 Å². The number of carboxylic acids is 1. The average Bonchev–Trinajstić information content (AvgIpc) is 2.45. The van der Waals surface area contributed by atoms with E-state index in [9.17, 15) is 14.0 Å². The number of carbonyl (C=O) groups excluding carboxylic acids is 1. The number of urea groups is 1. The number of hydrogen-bond acceptors (Lipinski definition) is 3. The lowest BCUT2D eigenvalue weighted by atomic mass is 10.1. The molecule has 0 aliphatic carbocycles. The molecule has 5 nitrogen and oxygen atoms in total. The molecule has 0 aliphatic heterocycles. The first-order valence-electron chi connectivity index (χ1n) is 6.42. The first kappa shape index (κ1) is 17.3. The van der Waals surface area contributed by atoms with E-state index >= 15 is 0 Å². The molecule has 0 saturated heterocycles. The molecule has 2 amide bonds. The second-order valence-electron chi connectivity index (χ2n) is 4.67. The molecule has 1 aromatic carbocycles. The van der Waals surface area contributed by atoms with Gasteiger partial charge < -0.3 is 15.3 Å². The van der Waals surface area contributed by atoms with Crippen LogP contribution >= 0.6 is 11.8 Å². The van der Waals surface area contributed by atoms with Gasteiger partial charge >= 0.3 is 12.0 Å². The van der Waals surface area contributed by atoms with Crippen molar-refractivity contribution in [2.24, 2.45) is 0 Å². The maximum atomic E-state index is 13.1. The molecule has 1 rings (SSSR count). The molecule has 0 aromatic heterocycles. The van der Waals surface area contributed by atoms with Crippen molar-refractivity contribution >= 4 is 29.4 Å². The number of carboxylic acid groups (broad SMARTS) is 1. The van der Waals surface area contributed by atoms with E-state index in [0.29, 0.717) is 0 Å². The van der Waals surface area contributed by atoms with Crippen molar-refractivity contribution in [3.63, 3.8) is 0 Å². The zero-order valence-electron chi connectivity index (χ0n) is 12.2. The third-order valence-corrected chi connectivity index (χ3v) is 3.82. The molecule has 0 radical (unpaired) electrons. The molecule has 0 bridgehead atoms. The standard InChI is InChI=1S/C14H19FN2O3S/c1-9(6-7-21-3)17(2)14(20)16-12-5-4-10(15)8-11(12)13(18)19/h4-5,8-9H,6-7H2,1-3H3,(H,16,20)(H,18,19). The summed E-state index contributed by atoms with van der Waals surface area (Å²) in [5.41, 5.74) is -0.189. The third kappa shape index (κ3) is 4.93. The molecule has 0 spiro atoms. The van der Waals surface area contributed by atoms with Gasteiger partial charge in [-0.2, -0.15) is 11.8 Å². The number of nitrogens with zero attached hydrogens (tertiary/aromatic N) is 1. The molecule has 0 aliphatic rings. The first-order chi connectivity index (χ1) is 9.86. The van der Waals surface area contributed by atoms with E-state index in [1.807, 2.05) is 13.2 Å². The molecule has 21 heavy (non-hydrogen) atoms. The zero-order chi connectivity index (χ0) is 16.0. The lowest BCUT2D eigenvalue weighted by Crippen LogP contribution is -2.38. The summed E-state index contributed by atoms with van der Waals surface area (Å²) in [5, 5.41) is 11.5. The van der Waals surface area contributed by atoms with Gasteiger partial charge in [0.2, 0.25) is 0 Å². The van der Waals surface area contributed by atoms with Crippen molar-refractivity contribution in [1.82, 2.24) is 4.90 Å². The number of amides is 2. The predicted molar refractivity (Wildman–Crippen MR) is 82.6 cm³/mol. The Morgan fingerprint density at radius 3 is 2.71 bits per heavy atom. The largest absolute Gasteiger partial charge is 0.478 e. The highest BCUT2D eigenvalue weighted by atomic mass is 32.2. The van der Waals surface area contributed by atoms with Crippen molar-refractivity contribution in [3.05, 3.63) is 29.6 Å². The Balaban J connectivity index is 2.81. The summed E-state index contributed by atoms with van der Waals surface area (Å²) in [6, 6.07) is 2.84. The van der Waals surface area contributed by atoms with Crippen molar-refractivity contribution in [2.75, 3.05) is 24.4 Å². The van der Waals surface area contributed by atoms with Gasteiger partial charge in [-0.1, -0.05) is 0 Å². The van der Waals surface area contributed by atoms with Crippen LogP contribution in [0, 0.1) is 5.82 Å². The fraction of sp³-hybridized carbons (Fsp3) is 0.429. The summed E-state index contributed by atoms with van der Waals surface area (Å²) < 4.78 is 13.1. The van der Waals surface area contributed by atoms with Crippen molar-refractivity contribution in [3.8, 4) is 0 Å². The molecule has 1 unspecified atom stereocenters. The van der Waals surface area contributed by atoms with E-state index in [2.05, 4.69) is 5.32 Å².